The van der Waals surface area contributed by atoms with Crippen LogP contribution in [0, 0.1) is 0 Å². The Balaban J connectivity index is 2.28. The van der Waals surface area contributed by atoms with Crippen molar-refractivity contribution >= 4 is 11.9 Å². The highest BCUT2D eigenvalue weighted by atomic mass is 16.7. The van der Waals surface area contributed by atoms with Crippen molar-refractivity contribution in [2.24, 2.45) is 0 Å². The van der Waals surface area contributed by atoms with Gasteiger partial charge in [-0.05, 0) is 18.6 Å². The van der Waals surface area contributed by atoms with E-state index in [1.54, 1.807) is 24.3 Å². The first-order valence-electron chi connectivity index (χ1n) is 7.17. The molecular weight excluding hydrogens is 256 g/mol. The van der Waals surface area contributed by atoms with Crippen molar-refractivity contribution in [2.45, 2.75) is 51.7 Å². The summed E-state index contributed by atoms with van der Waals surface area (Å²) in [6, 6.07) is 6.61. The van der Waals surface area contributed by atoms with Gasteiger partial charge >= 0.3 is 11.9 Å². The summed E-state index contributed by atoms with van der Waals surface area (Å²) in [6.07, 6.45) is 3.94. The Hall–Kier alpha value is -1.84. The van der Waals surface area contributed by atoms with Crippen LogP contribution in [0.2, 0.25) is 0 Å². The van der Waals surface area contributed by atoms with E-state index in [-0.39, 0.29) is 11.1 Å². The van der Waals surface area contributed by atoms with Gasteiger partial charge in [0.25, 0.3) is 5.79 Å². The molecular formula is C16H20O4. The maximum absolute atomic E-state index is 12.2. The van der Waals surface area contributed by atoms with E-state index in [2.05, 4.69) is 6.92 Å². The Kier molecular flexibility index (Phi) is 4.42. The molecule has 0 amide bonds. The standard InChI is InChI=1S/C16H20O4/c1-3-5-8-11-16(4-2)19-14(17)12-9-6-7-10-13(12)15(18)20-16/h6-7,9-10H,3-5,8,11H2,1-2H3. The maximum Gasteiger partial charge on any atom is 0.342 e. The van der Waals surface area contributed by atoms with E-state index in [4.69, 9.17) is 9.47 Å². The van der Waals surface area contributed by atoms with Crippen LogP contribution in [0.5, 0.6) is 0 Å². The maximum atomic E-state index is 12.2. The van der Waals surface area contributed by atoms with Crippen LogP contribution in [0.4, 0.5) is 0 Å². The van der Waals surface area contributed by atoms with E-state index in [1.165, 1.54) is 0 Å². The molecule has 1 heterocycles. The fourth-order valence-corrected chi connectivity index (χ4v) is 2.38. The van der Waals surface area contributed by atoms with Crippen molar-refractivity contribution < 1.29 is 19.1 Å². The second kappa shape index (κ2) is 6.07. The van der Waals surface area contributed by atoms with Crippen LogP contribution in [-0.2, 0) is 9.47 Å². The van der Waals surface area contributed by atoms with Gasteiger partial charge < -0.3 is 9.47 Å². The molecule has 20 heavy (non-hydrogen) atoms. The Bertz CT molecular complexity index is 470. The highest BCUT2D eigenvalue weighted by Gasteiger charge is 2.41. The highest BCUT2D eigenvalue weighted by molar-refractivity contribution is 6.04. The zero-order valence-corrected chi connectivity index (χ0v) is 12.0. The van der Waals surface area contributed by atoms with Crippen molar-refractivity contribution in [3.63, 3.8) is 0 Å². The van der Waals surface area contributed by atoms with Gasteiger partial charge in [-0.25, -0.2) is 9.59 Å². The lowest BCUT2D eigenvalue weighted by Crippen LogP contribution is -2.37. The van der Waals surface area contributed by atoms with Gasteiger partial charge in [-0.1, -0.05) is 38.8 Å². The summed E-state index contributed by atoms with van der Waals surface area (Å²) in [6.45, 7) is 3.96. The first-order valence-corrected chi connectivity index (χ1v) is 7.17. The lowest BCUT2D eigenvalue weighted by molar-refractivity contribution is -0.173. The fraction of sp³-hybridized carbons (Fsp3) is 0.500. The van der Waals surface area contributed by atoms with Crippen molar-refractivity contribution in [3.05, 3.63) is 35.4 Å². The Morgan fingerprint density at radius 2 is 1.50 bits per heavy atom. The number of cyclic esters (lactones) is 2. The summed E-state index contributed by atoms with van der Waals surface area (Å²) in [4.78, 5) is 24.4. The summed E-state index contributed by atoms with van der Waals surface area (Å²) in [7, 11) is 0. The lowest BCUT2D eigenvalue weighted by atomic mass is 10.0. The SMILES string of the molecule is CCCCCC1(CC)OC(=O)c2ccccc2C(=O)O1. The van der Waals surface area contributed by atoms with Gasteiger partial charge in [0, 0.05) is 12.8 Å². The minimum Gasteiger partial charge on any atom is -0.419 e. The van der Waals surface area contributed by atoms with Gasteiger partial charge in [0.05, 0.1) is 11.1 Å². The second-order valence-electron chi connectivity index (χ2n) is 5.05. The smallest absolute Gasteiger partial charge is 0.342 e. The second-order valence-corrected chi connectivity index (χ2v) is 5.05. The number of benzene rings is 1. The molecule has 0 radical (unpaired) electrons. The molecule has 0 N–H and O–H groups in total. The minimum atomic E-state index is -1.12. The van der Waals surface area contributed by atoms with Crippen molar-refractivity contribution in [1.82, 2.24) is 0 Å². The number of carbonyl (C=O) groups excluding carboxylic acids is 2. The number of carbonyl (C=O) groups is 2. The molecule has 0 saturated carbocycles. The quantitative estimate of drug-likeness (QED) is 0.608. The van der Waals surface area contributed by atoms with Crippen molar-refractivity contribution in [1.29, 1.82) is 0 Å². The highest BCUT2D eigenvalue weighted by Crippen LogP contribution is 2.31. The molecule has 4 heteroatoms. The van der Waals surface area contributed by atoms with E-state index in [0.717, 1.165) is 19.3 Å². The zero-order valence-electron chi connectivity index (χ0n) is 12.0. The first kappa shape index (κ1) is 14.6. The average Bonchev–Trinajstić information content (AvgIpc) is 2.56. The topological polar surface area (TPSA) is 52.6 Å². The number of esters is 2. The van der Waals surface area contributed by atoms with Crippen LogP contribution >= 0.6 is 0 Å². The first-order chi connectivity index (χ1) is 9.62. The molecule has 0 saturated heterocycles. The monoisotopic (exact) mass is 276 g/mol. The van der Waals surface area contributed by atoms with Crippen LogP contribution in [0.3, 0.4) is 0 Å². The number of hydrogen-bond acceptors (Lipinski definition) is 4. The van der Waals surface area contributed by atoms with Gasteiger partial charge in [-0.15, -0.1) is 0 Å². The normalized spacial score (nSPS) is 16.9. The summed E-state index contributed by atoms with van der Waals surface area (Å²) in [5.74, 6) is -2.09. The molecule has 1 aromatic carbocycles. The number of rotatable bonds is 5. The molecule has 0 spiro atoms. The van der Waals surface area contributed by atoms with Crippen LogP contribution in [0.25, 0.3) is 0 Å². The summed E-state index contributed by atoms with van der Waals surface area (Å²) < 4.78 is 11.0. The largest absolute Gasteiger partial charge is 0.419 e. The third-order valence-corrected chi connectivity index (χ3v) is 3.62. The summed E-state index contributed by atoms with van der Waals surface area (Å²) in [5, 5.41) is 0. The van der Waals surface area contributed by atoms with Crippen LogP contribution in [0.1, 0.15) is 66.7 Å². The molecule has 0 unspecified atom stereocenters. The van der Waals surface area contributed by atoms with Gasteiger partial charge in [0.2, 0.25) is 0 Å². The number of unbranched alkanes of at least 4 members (excludes halogenated alkanes) is 2. The fourth-order valence-electron chi connectivity index (χ4n) is 2.38. The van der Waals surface area contributed by atoms with E-state index in [9.17, 15) is 9.59 Å². The van der Waals surface area contributed by atoms with E-state index in [0.29, 0.717) is 12.8 Å². The number of fused-ring (bicyclic) bond motifs is 1. The molecule has 0 fully saturated rings. The third kappa shape index (κ3) is 2.84. The van der Waals surface area contributed by atoms with Gasteiger partial charge in [-0.3, -0.25) is 0 Å². The molecule has 0 bridgehead atoms. The Labute approximate surface area is 119 Å². The zero-order chi connectivity index (χ0) is 14.6. The molecule has 4 nitrogen and oxygen atoms in total. The van der Waals surface area contributed by atoms with Crippen LogP contribution in [0.15, 0.2) is 24.3 Å². The molecule has 1 aliphatic rings. The van der Waals surface area contributed by atoms with Crippen LogP contribution < -0.4 is 0 Å². The minimum absolute atomic E-state index is 0.281. The lowest BCUT2D eigenvalue weighted by Gasteiger charge is -2.30. The van der Waals surface area contributed by atoms with E-state index < -0.39 is 17.7 Å². The summed E-state index contributed by atoms with van der Waals surface area (Å²) in [5.41, 5.74) is 0.562. The average molecular weight is 276 g/mol. The Morgan fingerprint density at radius 1 is 0.950 bits per heavy atom. The third-order valence-electron chi connectivity index (χ3n) is 3.62. The van der Waals surface area contributed by atoms with Crippen LogP contribution in [-0.4, -0.2) is 17.7 Å². The number of hydrogen-bond donors (Lipinski definition) is 0. The predicted molar refractivity (Wildman–Crippen MR) is 74.4 cm³/mol. The Morgan fingerprint density at radius 3 is 1.95 bits per heavy atom. The van der Waals surface area contributed by atoms with Crippen molar-refractivity contribution in [3.8, 4) is 0 Å². The van der Waals surface area contributed by atoms with Gasteiger partial charge in [-0.2, -0.15) is 0 Å². The van der Waals surface area contributed by atoms with Gasteiger partial charge in [0.15, 0.2) is 0 Å². The predicted octanol–water partition coefficient (Wildman–Crippen LogP) is 3.70. The molecule has 1 aromatic rings. The summed E-state index contributed by atoms with van der Waals surface area (Å²) >= 11 is 0. The van der Waals surface area contributed by atoms with Crippen molar-refractivity contribution in [2.75, 3.05) is 0 Å². The molecule has 0 aromatic heterocycles. The van der Waals surface area contributed by atoms with Gasteiger partial charge in [0.1, 0.15) is 0 Å². The van der Waals surface area contributed by atoms with E-state index in [1.807, 2.05) is 6.92 Å². The molecule has 108 valence electrons. The molecule has 0 atom stereocenters. The molecule has 1 aliphatic heterocycles. The number of ether oxygens (including phenoxy) is 2. The van der Waals surface area contributed by atoms with E-state index >= 15 is 0 Å². The molecule has 2 rings (SSSR count). The molecule has 0 aliphatic carbocycles.